The minimum atomic E-state index is 0.0155. The Morgan fingerprint density at radius 3 is 2.92 bits per heavy atom. The Bertz CT molecular complexity index is 942. The molecule has 0 aliphatic carbocycles. The van der Waals surface area contributed by atoms with E-state index in [2.05, 4.69) is 15.7 Å². The summed E-state index contributed by atoms with van der Waals surface area (Å²) in [4.78, 5) is 14.4. The zero-order chi connectivity index (χ0) is 18.1. The molecular weight excluding hydrogens is 368 g/mol. The molecular formula is C19H21ClN4OS. The molecule has 0 atom stereocenters. The number of aryl methyl sites for hydroxylation is 1. The number of hydrogen-bond acceptors (Lipinski definition) is 4. The zero-order valence-corrected chi connectivity index (χ0v) is 16.2. The van der Waals surface area contributed by atoms with Crippen molar-refractivity contribution in [1.29, 1.82) is 0 Å². The number of thiophene rings is 1. The fourth-order valence-electron chi connectivity index (χ4n) is 3.34. The molecule has 3 aromatic rings. The second kappa shape index (κ2) is 7.39. The summed E-state index contributed by atoms with van der Waals surface area (Å²) >= 11 is 7.79. The van der Waals surface area contributed by atoms with Crippen LogP contribution >= 0.6 is 22.9 Å². The Hall–Kier alpha value is -1.89. The van der Waals surface area contributed by atoms with Crippen molar-refractivity contribution in [3.05, 3.63) is 51.5 Å². The summed E-state index contributed by atoms with van der Waals surface area (Å²) < 4.78 is 1.94. The van der Waals surface area contributed by atoms with Gasteiger partial charge < -0.3 is 10.6 Å². The lowest BCUT2D eigenvalue weighted by atomic mass is 10.1. The van der Waals surface area contributed by atoms with Gasteiger partial charge in [-0.1, -0.05) is 29.8 Å². The van der Waals surface area contributed by atoms with Crippen LogP contribution in [0.3, 0.4) is 0 Å². The van der Waals surface area contributed by atoms with Crippen molar-refractivity contribution < 1.29 is 4.79 Å². The molecule has 0 bridgehead atoms. The van der Waals surface area contributed by atoms with Crippen LogP contribution in [0.2, 0.25) is 5.02 Å². The summed E-state index contributed by atoms with van der Waals surface area (Å²) in [5, 5.41) is 12.9. The maximum absolute atomic E-state index is 12.6. The van der Waals surface area contributed by atoms with E-state index in [0.717, 1.165) is 57.3 Å². The summed E-state index contributed by atoms with van der Waals surface area (Å²) in [6.45, 7) is 4.50. The van der Waals surface area contributed by atoms with Crippen LogP contribution in [0.25, 0.3) is 10.2 Å². The number of piperidine rings is 1. The lowest BCUT2D eigenvalue weighted by molar-refractivity contribution is 0.0934. The fraction of sp³-hybridized carbons (Fsp3) is 0.368. The monoisotopic (exact) mass is 388 g/mol. The van der Waals surface area contributed by atoms with Gasteiger partial charge in [-0.05, 0) is 50.6 Å². The van der Waals surface area contributed by atoms with Gasteiger partial charge in [-0.25, -0.2) is 0 Å². The van der Waals surface area contributed by atoms with Crippen molar-refractivity contribution in [3.8, 4) is 0 Å². The third-order valence-electron chi connectivity index (χ3n) is 4.78. The zero-order valence-electron chi connectivity index (χ0n) is 14.6. The van der Waals surface area contributed by atoms with Crippen LogP contribution in [0.5, 0.6) is 0 Å². The normalized spacial score (nSPS) is 15.5. The van der Waals surface area contributed by atoms with Gasteiger partial charge >= 0.3 is 0 Å². The van der Waals surface area contributed by atoms with Crippen molar-refractivity contribution in [3.63, 3.8) is 0 Å². The van der Waals surface area contributed by atoms with Gasteiger partial charge in [0.05, 0.1) is 17.1 Å². The lowest BCUT2D eigenvalue weighted by Crippen LogP contribution is -2.42. The van der Waals surface area contributed by atoms with Crippen molar-refractivity contribution in [2.75, 3.05) is 13.1 Å². The predicted octanol–water partition coefficient (Wildman–Crippen LogP) is 3.59. The third kappa shape index (κ3) is 3.49. The summed E-state index contributed by atoms with van der Waals surface area (Å²) in [6, 6.07) is 10.0. The van der Waals surface area contributed by atoms with Crippen LogP contribution in [0.15, 0.2) is 30.3 Å². The number of nitrogens with one attached hydrogen (secondary N) is 2. The van der Waals surface area contributed by atoms with Gasteiger partial charge in [-0.15, -0.1) is 11.3 Å². The molecule has 1 aromatic carbocycles. The van der Waals surface area contributed by atoms with Crippen LogP contribution < -0.4 is 10.6 Å². The quantitative estimate of drug-likeness (QED) is 0.718. The van der Waals surface area contributed by atoms with Gasteiger partial charge in [0.25, 0.3) is 5.91 Å². The third-order valence-corrected chi connectivity index (χ3v) is 6.30. The van der Waals surface area contributed by atoms with Gasteiger partial charge in [0.1, 0.15) is 4.83 Å². The number of fused-ring (bicyclic) bond motifs is 1. The smallest absolute Gasteiger partial charge is 0.261 e. The first kappa shape index (κ1) is 17.5. The largest absolute Gasteiger partial charge is 0.349 e. The molecule has 1 fully saturated rings. The first-order valence-corrected chi connectivity index (χ1v) is 10.0. The van der Waals surface area contributed by atoms with Crippen LogP contribution in [0, 0.1) is 6.92 Å². The van der Waals surface area contributed by atoms with Crippen LogP contribution in [-0.2, 0) is 6.54 Å². The second-order valence-corrected chi connectivity index (χ2v) is 8.10. The average Bonchev–Trinajstić information content (AvgIpc) is 3.20. The number of hydrogen-bond donors (Lipinski definition) is 2. The molecule has 1 aliphatic heterocycles. The van der Waals surface area contributed by atoms with Gasteiger partial charge in [0, 0.05) is 16.5 Å². The number of aromatic nitrogens is 2. The molecule has 0 radical (unpaired) electrons. The van der Waals surface area contributed by atoms with E-state index in [1.54, 1.807) is 0 Å². The topological polar surface area (TPSA) is 59.0 Å². The van der Waals surface area contributed by atoms with Crippen molar-refractivity contribution >= 4 is 39.1 Å². The summed E-state index contributed by atoms with van der Waals surface area (Å²) in [5.74, 6) is 0.0155. The average molecular weight is 389 g/mol. The first-order chi connectivity index (χ1) is 12.6. The molecule has 0 saturated carbocycles. The molecule has 1 saturated heterocycles. The van der Waals surface area contributed by atoms with Gasteiger partial charge in [0.15, 0.2) is 0 Å². The van der Waals surface area contributed by atoms with Crippen molar-refractivity contribution in [2.45, 2.75) is 32.4 Å². The van der Waals surface area contributed by atoms with Crippen molar-refractivity contribution in [1.82, 2.24) is 20.4 Å². The highest BCUT2D eigenvalue weighted by Gasteiger charge is 2.20. The molecule has 7 heteroatoms. The van der Waals surface area contributed by atoms with E-state index in [-0.39, 0.29) is 11.9 Å². The van der Waals surface area contributed by atoms with Crippen LogP contribution in [-0.4, -0.2) is 34.8 Å². The number of benzene rings is 1. The standard InChI is InChI=1S/C19H21ClN4OS/c1-12-15-10-17(18(25)22-14-6-8-21-9-7-14)26-19(15)24(23-12)11-13-4-2-3-5-16(13)20/h2-5,10,14,21H,6-9,11H2,1H3,(H,22,25). The summed E-state index contributed by atoms with van der Waals surface area (Å²) in [6.07, 6.45) is 1.96. The summed E-state index contributed by atoms with van der Waals surface area (Å²) in [5.41, 5.74) is 1.96. The van der Waals surface area contributed by atoms with E-state index >= 15 is 0 Å². The molecule has 2 aromatic heterocycles. The number of rotatable bonds is 4. The highest BCUT2D eigenvalue weighted by Crippen LogP contribution is 2.29. The lowest BCUT2D eigenvalue weighted by Gasteiger charge is -2.23. The maximum atomic E-state index is 12.6. The van der Waals surface area contributed by atoms with E-state index in [0.29, 0.717) is 6.54 Å². The molecule has 0 spiro atoms. The number of nitrogens with zero attached hydrogens (tertiary/aromatic N) is 2. The molecule has 26 heavy (non-hydrogen) atoms. The van der Waals surface area contributed by atoms with Gasteiger partial charge in [-0.2, -0.15) is 5.10 Å². The molecule has 2 N–H and O–H groups in total. The highest BCUT2D eigenvalue weighted by atomic mass is 35.5. The van der Waals surface area contributed by atoms with E-state index < -0.39 is 0 Å². The highest BCUT2D eigenvalue weighted by molar-refractivity contribution is 7.20. The minimum Gasteiger partial charge on any atom is -0.349 e. The first-order valence-electron chi connectivity index (χ1n) is 8.84. The molecule has 136 valence electrons. The number of carbonyl (C=O) groups is 1. The Balaban J connectivity index is 1.59. The maximum Gasteiger partial charge on any atom is 0.261 e. The Labute approximate surface area is 161 Å². The molecule has 1 amide bonds. The molecule has 3 heterocycles. The van der Waals surface area contributed by atoms with E-state index in [1.165, 1.54) is 11.3 Å². The van der Waals surface area contributed by atoms with Gasteiger partial charge in [0.2, 0.25) is 0 Å². The number of halogens is 1. The Morgan fingerprint density at radius 2 is 2.15 bits per heavy atom. The van der Waals surface area contributed by atoms with Crippen molar-refractivity contribution in [2.24, 2.45) is 0 Å². The van der Waals surface area contributed by atoms with E-state index in [9.17, 15) is 4.79 Å². The summed E-state index contributed by atoms with van der Waals surface area (Å²) in [7, 11) is 0. The Morgan fingerprint density at radius 1 is 1.38 bits per heavy atom. The molecule has 4 rings (SSSR count). The van der Waals surface area contributed by atoms with Crippen LogP contribution in [0.4, 0.5) is 0 Å². The van der Waals surface area contributed by atoms with E-state index in [1.807, 2.05) is 41.9 Å². The minimum absolute atomic E-state index is 0.0155. The Kier molecular flexibility index (Phi) is 4.98. The van der Waals surface area contributed by atoms with E-state index in [4.69, 9.17) is 11.6 Å². The fourth-order valence-corrected chi connectivity index (χ4v) is 4.60. The second-order valence-electron chi connectivity index (χ2n) is 6.66. The molecule has 1 aliphatic rings. The predicted molar refractivity (Wildman–Crippen MR) is 106 cm³/mol. The van der Waals surface area contributed by atoms with Gasteiger partial charge in [-0.3, -0.25) is 9.48 Å². The number of carbonyl (C=O) groups excluding carboxylic acids is 1. The molecule has 0 unspecified atom stereocenters. The number of amides is 1. The molecule has 5 nitrogen and oxygen atoms in total. The van der Waals surface area contributed by atoms with Crippen LogP contribution in [0.1, 0.15) is 33.8 Å². The SMILES string of the molecule is Cc1nn(Cc2ccccc2Cl)c2sc(C(=O)NC3CCNCC3)cc12.